The highest BCUT2D eigenvalue weighted by Gasteiger charge is 2.25. The lowest BCUT2D eigenvalue weighted by Gasteiger charge is -2.36. The molecule has 0 atom stereocenters. The van der Waals surface area contributed by atoms with Crippen molar-refractivity contribution in [3.8, 4) is 0 Å². The molecule has 0 bridgehead atoms. The smallest absolute Gasteiger partial charge is 0.222 e. The second-order valence-electron chi connectivity index (χ2n) is 6.56. The van der Waals surface area contributed by atoms with Crippen LogP contribution in [-0.4, -0.2) is 37.0 Å². The van der Waals surface area contributed by atoms with Gasteiger partial charge in [0, 0.05) is 38.3 Å². The van der Waals surface area contributed by atoms with Gasteiger partial charge in [-0.1, -0.05) is 25.0 Å². The molecule has 114 valence electrons. The minimum atomic E-state index is 0.380. The predicted molar refractivity (Wildman–Crippen MR) is 86.5 cm³/mol. The Kier molecular flexibility index (Phi) is 4.47. The van der Waals surface area contributed by atoms with Crippen molar-refractivity contribution in [3.05, 3.63) is 29.8 Å². The van der Waals surface area contributed by atoms with Crippen LogP contribution in [0.25, 0.3) is 0 Å². The molecule has 3 rings (SSSR count). The van der Waals surface area contributed by atoms with Gasteiger partial charge in [-0.05, 0) is 43.4 Å². The molecule has 1 amide bonds. The molecular formula is C18H26N2O. The molecule has 1 aliphatic carbocycles. The lowest BCUT2D eigenvalue weighted by molar-refractivity contribution is -0.132. The van der Waals surface area contributed by atoms with Crippen molar-refractivity contribution in [2.45, 2.75) is 39.0 Å². The molecule has 1 saturated heterocycles. The number of hydrogen-bond acceptors (Lipinski definition) is 2. The number of carbonyl (C=O) groups excluding carboxylic acids is 1. The van der Waals surface area contributed by atoms with E-state index < -0.39 is 0 Å². The fourth-order valence-corrected chi connectivity index (χ4v) is 3.63. The van der Waals surface area contributed by atoms with E-state index in [1.165, 1.54) is 36.9 Å². The Labute approximate surface area is 127 Å². The van der Waals surface area contributed by atoms with Crippen molar-refractivity contribution >= 4 is 11.6 Å². The zero-order valence-corrected chi connectivity index (χ0v) is 13.1. The molecule has 1 saturated carbocycles. The Bertz CT molecular complexity index is 486. The average molecular weight is 286 g/mol. The van der Waals surface area contributed by atoms with Crippen molar-refractivity contribution in [1.29, 1.82) is 0 Å². The number of hydrogen-bond donors (Lipinski definition) is 0. The van der Waals surface area contributed by atoms with E-state index in [-0.39, 0.29) is 0 Å². The maximum atomic E-state index is 12.4. The van der Waals surface area contributed by atoms with Gasteiger partial charge in [-0.15, -0.1) is 0 Å². The summed E-state index contributed by atoms with van der Waals surface area (Å²) >= 11 is 0. The summed E-state index contributed by atoms with van der Waals surface area (Å²) in [5, 5.41) is 0. The molecule has 2 aliphatic rings. The molecule has 0 aromatic heterocycles. The van der Waals surface area contributed by atoms with E-state index >= 15 is 0 Å². The third-order valence-electron chi connectivity index (χ3n) is 4.94. The maximum absolute atomic E-state index is 12.4. The molecule has 3 nitrogen and oxygen atoms in total. The van der Waals surface area contributed by atoms with Crippen LogP contribution in [0.2, 0.25) is 0 Å². The second-order valence-corrected chi connectivity index (χ2v) is 6.56. The number of amides is 1. The summed E-state index contributed by atoms with van der Waals surface area (Å²) in [6, 6.07) is 8.65. The molecule has 3 heteroatoms. The quantitative estimate of drug-likeness (QED) is 0.852. The van der Waals surface area contributed by atoms with Crippen LogP contribution in [0.1, 0.15) is 37.7 Å². The van der Waals surface area contributed by atoms with Crippen LogP contribution in [0.15, 0.2) is 24.3 Å². The molecule has 0 radical (unpaired) electrons. The monoisotopic (exact) mass is 286 g/mol. The summed E-state index contributed by atoms with van der Waals surface area (Å²) in [7, 11) is 0. The van der Waals surface area contributed by atoms with Crippen molar-refractivity contribution < 1.29 is 4.79 Å². The Morgan fingerprint density at radius 3 is 2.52 bits per heavy atom. The van der Waals surface area contributed by atoms with E-state index in [0.29, 0.717) is 11.8 Å². The van der Waals surface area contributed by atoms with Crippen LogP contribution in [0, 0.1) is 12.8 Å². The van der Waals surface area contributed by atoms with Crippen LogP contribution in [-0.2, 0) is 4.79 Å². The van der Waals surface area contributed by atoms with Crippen LogP contribution < -0.4 is 4.90 Å². The van der Waals surface area contributed by atoms with Gasteiger partial charge >= 0.3 is 0 Å². The lowest BCUT2D eigenvalue weighted by atomic mass is 10.0. The fourth-order valence-electron chi connectivity index (χ4n) is 3.63. The summed E-state index contributed by atoms with van der Waals surface area (Å²) in [6.45, 7) is 5.80. The normalized spacial score (nSPS) is 20.0. The number of carbonyl (C=O) groups is 1. The summed E-state index contributed by atoms with van der Waals surface area (Å²) in [5.41, 5.74) is 2.59. The number of benzene rings is 1. The Balaban J connectivity index is 1.51. The van der Waals surface area contributed by atoms with Crippen molar-refractivity contribution in [2.75, 3.05) is 31.1 Å². The molecule has 0 spiro atoms. The highest BCUT2D eigenvalue weighted by molar-refractivity contribution is 5.76. The van der Waals surface area contributed by atoms with Crippen LogP contribution >= 0.6 is 0 Å². The third-order valence-corrected chi connectivity index (χ3v) is 4.94. The number of nitrogens with zero attached hydrogens (tertiary/aromatic N) is 2. The molecule has 21 heavy (non-hydrogen) atoms. The molecule has 2 fully saturated rings. The van der Waals surface area contributed by atoms with E-state index in [2.05, 4.69) is 41.0 Å². The predicted octanol–water partition coefficient (Wildman–Crippen LogP) is 3.22. The van der Waals surface area contributed by atoms with Gasteiger partial charge < -0.3 is 9.80 Å². The standard InChI is InChI=1S/C18H26N2O/c1-15-5-4-8-17(13-15)19-9-11-20(12-10-19)18(21)14-16-6-2-3-7-16/h4-5,8,13,16H,2-3,6-7,9-12,14H2,1H3. The van der Waals surface area contributed by atoms with Crippen molar-refractivity contribution in [3.63, 3.8) is 0 Å². The van der Waals surface area contributed by atoms with Crippen LogP contribution in [0.4, 0.5) is 5.69 Å². The second kappa shape index (κ2) is 6.50. The Morgan fingerprint density at radius 1 is 1.14 bits per heavy atom. The van der Waals surface area contributed by atoms with Gasteiger partial charge in [-0.3, -0.25) is 4.79 Å². The number of anilines is 1. The van der Waals surface area contributed by atoms with E-state index in [4.69, 9.17) is 0 Å². The SMILES string of the molecule is Cc1cccc(N2CCN(C(=O)CC3CCCC3)CC2)c1. The fraction of sp³-hybridized carbons (Fsp3) is 0.611. The molecule has 1 heterocycles. The van der Waals surface area contributed by atoms with Gasteiger partial charge in [0.1, 0.15) is 0 Å². The Hall–Kier alpha value is -1.51. The maximum Gasteiger partial charge on any atom is 0.222 e. The van der Waals surface area contributed by atoms with Gasteiger partial charge in [0.25, 0.3) is 0 Å². The largest absolute Gasteiger partial charge is 0.368 e. The van der Waals surface area contributed by atoms with Crippen molar-refractivity contribution in [2.24, 2.45) is 5.92 Å². The number of piperazine rings is 1. The van der Waals surface area contributed by atoms with E-state index in [9.17, 15) is 4.79 Å². The summed E-state index contributed by atoms with van der Waals surface area (Å²) < 4.78 is 0. The number of aryl methyl sites for hydroxylation is 1. The van der Waals surface area contributed by atoms with Gasteiger partial charge in [-0.2, -0.15) is 0 Å². The zero-order valence-electron chi connectivity index (χ0n) is 13.1. The summed E-state index contributed by atoms with van der Waals surface area (Å²) in [5.74, 6) is 1.04. The first-order chi connectivity index (χ1) is 10.2. The topological polar surface area (TPSA) is 23.6 Å². The average Bonchev–Trinajstić information content (AvgIpc) is 3.00. The third kappa shape index (κ3) is 3.58. The van der Waals surface area contributed by atoms with Gasteiger partial charge in [-0.25, -0.2) is 0 Å². The lowest BCUT2D eigenvalue weighted by Crippen LogP contribution is -2.49. The first-order valence-corrected chi connectivity index (χ1v) is 8.32. The first kappa shape index (κ1) is 14.4. The molecule has 0 unspecified atom stereocenters. The molecular weight excluding hydrogens is 260 g/mol. The zero-order chi connectivity index (χ0) is 14.7. The van der Waals surface area contributed by atoms with E-state index in [0.717, 1.165) is 32.6 Å². The minimum absolute atomic E-state index is 0.380. The summed E-state index contributed by atoms with van der Waals surface area (Å²) in [4.78, 5) is 16.8. The highest BCUT2D eigenvalue weighted by atomic mass is 16.2. The van der Waals surface area contributed by atoms with Crippen LogP contribution in [0.3, 0.4) is 0 Å². The minimum Gasteiger partial charge on any atom is -0.368 e. The first-order valence-electron chi connectivity index (χ1n) is 8.32. The number of rotatable bonds is 3. The van der Waals surface area contributed by atoms with Gasteiger partial charge in [0.15, 0.2) is 0 Å². The van der Waals surface area contributed by atoms with Crippen LogP contribution in [0.5, 0.6) is 0 Å². The van der Waals surface area contributed by atoms with E-state index in [1.54, 1.807) is 0 Å². The molecule has 1 aliphatic heterocycles. The Morgan fingerprint density at radius 2 is 1.86 bits per heavy atom. The summed E-state index contributed by atoms with van der Waals surface area (Å²) in [6.07, 6.45) is 5.94. The van der Waals surface area contributed by atoms with Gasteiger partial charge in [0.2, 0.25) is 5.91 Å². The molecule has 1 aromatic rings. The van der Waals surface area contributed by atoms with Gasteiger partial charge in [0.05, 0.1) is 0 Å². The molecule has 1 aromatic carbocycles. The highest BCUT2D eigenvalue weighted by Crippen LogP contribution is 2.28. The molecule has 0 N–H and O–H groups in total. The van der Waals surface area contributed by atoms with E-state index in [1.807, 2.05) is 0 Å². The van der Waals surface area contributed by atoms with Crippen molar-refractivity contribution in [1.82, 2.24) is 4.90 Å².